The molecule has 1 unspecified atom stereocenters. The van der Waals surface area contributed by atoms with Crippen molar-refractivity contribution in [1.82, 2.24) is 5.32 Å². The fourth-order valence-electron chi connectivity index (χ4n) is 1.86. The molecule has 0 spiro atoms. The van der Waals surface area contributed by atoms with Gasteiger partial charge < -0.3 is 26.3 Å². The van der Waals surface area contributed by atoms with Crippen molar-refractivity contribution in [2.75, 3.05) is 13.7 Å². The third-order valence-electron chi connectivity index (χ3n) is 2.74. The maximum atomic E-state index is 11.2. The minimum absolute atomic E-state index is 0.129. The number of benzene rings is 1. The van der Waals surface area contributed by atoms with Crippen molar-refractivity contribution in [1.29, 1.82) is 0 Å². The van der Waals surface area contributed by atoms with Gasteiger partial charge in [0.25, 0.3) is 5.91 Å². The lowest BCUT2D eigenvalue weighted by Gasteiger charge is -2.16. The molecule has 0 bridgehead atoms. The highest BCUT2D eigenvalue weighted by Gasteiger charge is 2.27. The molecule has 21 heavy (non-hydrogen) atoms. The van der Waals surface area contributed by atoms with Crippen molar-refractivity contribution >= 4 is 29.4 Å². The second-order valence-electron chi connectivity index (χ2n) is 4.21. The monoisotopic (exact) mass is 312 g/mol. The number of hydrogen-bond acceptors (Lipinski definition) is 5. The van der Waals surface area contributed by atoms with Crippen LogP contribution < -0.4 is 26.3 Å². The summed E-state index contributed by atoms with van der Waals surface area (Å²) in [5.41, 5.74) is 11.3. The van der Waals surface area contributed by atoms with E-state index in [1.807, 2.05) is 0 Å². The molecule has 0 aromatic heterocycles. The lowest BCUT2D eigenvalue weighted by Crippen LogP contribution is -2.28. The van der Waals surface area contributed by atoms with Gasteiger partial charge in [0, 0.05) is 0 Å². The summed E-state index contributed by atoms with van der Waals surface area (Å²) in [5.74, 6) is -0.0465. The zero-order chi connectivity index (χ0) is 15.6. The van der Waals surface area contributed by atoms with E-state index in [0.29, 0.717) is 5.56 Å². The number of amides is 3. The van der Waals surface area contributed by atoms with Crippen LogP contribution in [0.3, 0.4) is 0 Å². The number of hydrogen-bond donors (Lipinski definition) is 3. The van der Waals surface area contributed by atoms with Gasteiger partial charge in [0.1, 0.15) is 11.9 Å². The first-order valence-corrected chi connectivity index (χ1v) is 6.23. The van der Waals surface area contributed by atoms with Crippen LogP contribution in [0.5, 0.6) is 11.5 Å². The van der Waals surface area contributed by atoms with E-state index < -0.39 is 18.0 Å². The summed E-state index contributed by atoms with van der Waals surface area (Å²) >= 11 is 6.11. The molecule has 0 aliphatic carbocycles. The minimum Gasteiger partial charge on any atom is -0.493 e. The van der Waals surface area contributed by atoms with Gasteiger partial charge >= 0.3 is 6.03 Å². The predicted molar refractivity (Wildman–Crippen MR) is 75.6 cm³/mol. The van der Waals surface area contributed by atoms with Crippen LogP contribution in [0.4, 0.5) is 4.79 Å². The molecule has 0 saturated heterocycles. The van der Waals surface area contributed by atoms with Crippen LogP contribution >= 0.6 is 11.6 Å². The molecule has 1 heterocycles. The molecule has 8 nitrogen and oxygen atoms in total. The van der Waals surface area contributed by atoms with E-state index in [2.05, 4.69) is 10.3 Å². The van der Waals surface area contributed by atoms with Gasteiger partial charge in [-0.1, -0.05) is 11.6 Å². The Morgan fingerprint density at radius 3 is 2.76 bits per heavy atom. The summed E-state index contributed by atoms with van der Waals surface area (Å²) < 4.78 is 10.4. The highest BCUT2D eigenvalue weighted by molar-refractivity contribution is 6.32. The number of nitrogens with two attached hydrogens (primary N) is 2. The normalized spacial score (nSPS) is 17.1. The Balaban J connectivity index is 2.34. The van der Waals surface area contributed by atoms with Crippen molar-refractivity contribution < 1.29 is 19.1 Å². The third kappa shape index (κ3) is 3.16. The first kappa shape index (κ1) is 14.9. The molecule has 112 valence electrons. The second kappa shape index (κ2) is 5.88. The topological polar surface area (TPSA) is 129 Å². The first-order chi connectivity index (χ1) is 9.92. The summed E-state index contributed by atoms with van der Waals surface area (Å²) in [6.07, 6.45) is 0. The van der Waals surface area contributed by atoms with Crippen molar-refractivity contribution in [3.05, 3.63) is 22.7 Å². The van der Waals surface area contributed by atoms with Crippen LogP contribution in [-0.2, 0) is 4.79 Å². The van der Waals surface area contributed by atoms with Gasteiger partial charge in [-0.15, -0.1) is 0 Å². The van der Waals surface area contributed by atoms with Crippen LogP contribution in [0.15, 0.2) is 17.1 Å². The molecule has 2 rings (SSSR count). The molecule has 0 saturated carbocycles. The van der Waals surface area contributed by atoms with E-state index in [1.54, 1.807) is 12.1 Å². The standard InChI is InChI=1S/C12H13ClN4O4/c1-20-7-3-5(9-11(15)17-12(19)16-9)2-6(13)10(7)21-4-8(14)18/h2-3,9H,4H2,1H3,(H2,14,18)(H3,15,16,17,19). The Kier molecular flexibility index (Phi) is 4.18. The smallest absolute Gasteiger partial charge is 0.343 e. The van der Waals surface area contributed by atoms with E-state index in [9.17, 15) is 9.59 Å². The van der Waals surface area contributed by atoms with E-state index in [1.165, 1.54) is 7.11 Å². The molecule has 0 fully saturated rings. The van der Waals surface area contributed by atoms with E-state index in [0.717, 1.165) is 0 Å². The summed E-state index contributed by atoms with van der Waals surface area (Å²) in [7, 11) is 1.41. The van der Waals surface area contributed by atoms with Crippen molar-refractivity contribution in [2.24, 2.45) is 16.5 Å². The molecule has 9 heteroatoms. The van der Waals surface area contributed by atoms with E-state index in [-0.39, 0.29) is 29.0 Å². The molecular weight excluding hydrogens is 300 g/mol. The molecule has 1 aromatic carbocycles. The SMILES string of the molecule is COc1cc(C2NC(=O)N=C2N)cc(Cl)c1OCC(N)=O. The number of halogens is 1. The van der Waals surface area contributed by atoms with Gasteiger partial charge in [0.05, 0.1) is 12.1 Å². The van der Waals surface area contributed by atoms with E-state index >= 15 is 0 Å². The number of rotatable bonds is 5. The Hall–Kier alpha value is -2.48. The highest BCUT2D eigenvalue weighted by Crippen LogP contribution is 2.38. The molecule has 1 atom stereocenters. The third-order valence-corrected chi connectivity index (χ3v) is 3.02. The number of nitrogens with one attached hydrogen (secondary N) is 1. The van der Waals surface area contributed by atoms with Gasteiger partial charge in [-0.2, -0.15) is 4.99 Å². The number of urea groups is 1. The zero-order valence-electron chi connectivity index (χ0n) is 11.1. The molecule has 1 aliphatic rings. The predicted octanol–water partition coefficient (Wildman–Crippen LogP) is 0.334. The van der Waals surface area contributed by atoms with Gasteiger partial charge in [0.15, 0.2) is 18.1 Å². The Labute approximate surface area is 125 Å². The average molecular weight is 313 g/mol. The maximum Gasteiger partial charge on any atom is 0.343 e. The van der Waals surface area contributed by atoms with Gasteiger partial charge in [-0.05, 0) is 17.7 Å². The number of carbonyl (C=O) groups is 2. The van der Waals surface area contributed by atoms with Crippen molar-refractivity contribution in [2.45, 2.75) is 6.04 Å². The Morgan fingerprint density at radius 2 is 2.24 bits per heavy atom. The van der Waals surface area contributed by atoms with Crippen LogP contribution in [0.2, 0.25) is 5.02 Å². The van der Waals surface area contributed by atoms with Crippen molar-refractivity contribution in [3.63, 3.8) is 0 Å². The first-order valence-electron chi connectivity index (χ1n) is 5.85. The fourth-order valence-corrected chi connectivity index (χ4v) is 2.13. The number of methoxy groups -OCH3 is 1. The maximum absolute atomic E-state index is 11.2. The number of amidine groups is 1. The van der Waals surface area contributed by atoms with Gasteiger partial charge in [-0.25, -0.2) is 4.79 Å². The average Bonchev–Trinajstić information content (AvgIpc) is 2.75. The lowest BCUT2D eigenvalue weighted by molar-refractivity contribution is -0.119. The Morgan fingerprint density at radius 1 is 1.52 bits per heavy atom. The Bertz CT molecular complexity index is 632. The summed E-state index contributed by atoms with van der Waals surface area (Å²) in [4.78, 5) is 25.6. The van der Waals surface area contributed by atoms with Gasteiger partial charge in [0.2, 0.25) is 0 Å². The lowest BCUT2D eigenvalue weighted by atomic mass is 10.1. The van der Waals surface area contributed by atoms with Crippen LogP contribution in [0.1, 0.15) is 11.6 Å². The molecule has 3 amide bonds. The quantitative estimate of drug-likeness (QED) is 0.721. The van der Waals surface area contributed by atoms with Crippen LogP contribution in [0, 0.1) is 0 Å². The number of carbonyl (C=O) groups excluding carboxylic acids is 2. The minimum atomic E-state index is -0.642. The molecular formula is C12H13ClN4O4. The number of primary amides is 1. The number of aliphatic imine (C=N–C) groups is 1. The van der Waals surface area contributed by atoms with Crippen molar-refractivity contribution in [3.8, 4) is 11.5 Å². The molecule has 1 aliphatic heterocycles. The molecule has 0 radical (unpaired) electrons. The summed E-state index contributed by atoms with van der Waals surface area (Å²) in [6, 6.07) is 2.01. The van der Waals surface area contributed by atoms with Crippen LogP contribution in [0.25, 0.3) is 0 Å². The van der Waals surface area contributed by atoms with E-state index in [4.69, 9.17) is 32.5 Å². The van der Waals surface area contributed by atoms with Crippen LogP contribution in [-0.4, -0.2) is 31.5 Å². The largest absolute Gasteiger partial charge is 0.493 e. The number of nitrogens with zero attached hydrogens (tertiary/aromatic N) is 1. The highest BCUT2D eigenvalue weighted by atomic mass is 35.5. The summed E-state index contributed by atoms with van der Waals surface area (Å²) in [6.45, 7) is -0.334. The second-order valence-corrected chi connectivity index (χ2v) is 4.62. The zero-order valence-corrected chi connectivity index (χ0v) is 11.8. The molecule has 5 N–H and O–H groups in total. The van der Waals surface area contributed by atoms with Gasteiger partial charge in [-0.3, -0.25) is 4.79 Å². The molecule has 1 aromatic rings. The fraction of sp³-hybridized carbons (Fsp3) is 0.250. The summed E-state index contributed by atoms with van der Waals surface area (Å²) in [5, 5.41) is 2.77. The number of ether oxygens (including phenoxy) is 2.